The summed E-state index contributed by atoms with van der Waals surface area (Å²) in [6.45, 7) is 2.47. The van der Waals surface area contributed by atoms with E-state index < -0.39 is 39.1 Å². The minimum atomic E-state index is -4.70. The molecule has 11 nitrogen and oxygen atoms in total. The van der Waals surface area contributed by atoms with Gasteiger partial charge in [-0.25, -0.2) is 8.42 Å². The number of carbonyl (C=O) groups excluding carboxylic acids is 4. The fourth-order valence-corrected chi connectivity index (χ4v) is 5.98. The molecule has 0 N–H and O–H groups in total. The van der Waals surface area contributed by atoms with Crippen molar-refractivity contribution in [2.75, 3.05) is 33.5 Å². The molecule has 0 aromatic rings. The zero-order valence-electron chi connectivity index (χ0n) is 23.4. The molecule has 0 saturated heterocycles. The van der Waals surface area contributed by atoms with Crippen LogP contribution in [-0.2, 0) is 48.2 Å². The molecule has 0 aliphatic heterocycles. The molecular formula is C26H41NaO11S. The zero-order valence-corrected chi connectivity index (χ0v) is 26.2. The number of ether oxygens (including phenoxy) is 4. The largest absolute Gasteiger partial charge is 1.00 e. The topological polar surface area (TPSA) is 162 Å². The summed E-state index contributed by atoms with van der Waals surface area (Å²) >= 11 is 0. The summed E-state index contributed by atoms with van der Waals surface area (Å²) in [5.41, 5.74) is 0. The van der Waals surface area contributed by atoms with Gasteiger partial charge < -0.3 is 23.5 Å². The monoisotopic (exact) mass is 584 g/mol. The van der Waals surface area contributed by atoms with Crippen LogP contribution in [0.2, 0.25) is 0 Å². The van der Waals surface area contributed by atoms with E-state index in [1.807, 2.05) is 0 Å². The SMILES string of the molecule is COCCCCOC(=O)C1CC(C(=O)OCCCCOC(=O)C2CCC(C(C)=O)CC2)CC(S(=O)(=O)[O-])C1.[Na+]. The molecule has 2 aliphatic rings. The van der Waals surface area contributed by atoms with Crippen LogP contribution in [0.5, 0.6) is 0 Å². The fourth-order valence-electron chi connectivity index (χ4n) is 5.05. The minimum absolute atomic E-state index is 0. The van der Waals surface area contributed by atoms with E-state index in [-0.39, 0.29) is 92.2 Å². The Balaban J connectivity index is 0.00000760. The van der Waals surface area contributed by atoms with E-state index in [1.165, 1.54) is 0 Å². The number of hydrogen-bond donors (Lipinski definition) is 0. The summed E-state index contributed by atoms with van der Waals surface area (Å²) < 4.78 is 55.8. The number of esters is 3. The maximum atomic E-state index is 12.6. The van der Waals surface area contributed by atoms with Crippen LogP contribution in [0.15, 0.2) is 0 Å². The molecule has 0 aromatic carbocycles. The Bertz CT molecular complexity index is 900. The second kappa shape index (κ2) is 18.4. The predicted molar refractivity (Wildman–Crippen MR) is 134 cm³/mol. The van der Waals surface area contributed by atoms with Crippen molar-refractivity contribution in [1.29, 1.82) is 0 Å². The summed E-state index contributed by atoms with van der Waals surface area (Å²) in [5.74, 6) is -3.31. The van der Waals surface area contributed by atoms with Gasteiger partial charge in [-0.15, -0.1) is 0 Å². The van der Waals surface area contributed by atoms with E-state index in [0.717, 1.165) is 0 Å². The Morgan fingerprint density at radius 3 is 1.44 bits per heavy atom. The van der Waals surface area contributed by atoms with Crippen molar-refractivity contribution >= 4 is 33.8 Å². The summed E-state index contributed by atoms with van der Waals surface area (Å²) in [7, 11) is -3.13. The first kappa shape index (κ1) is 36.0. The molecule has 218 valence electrons. The quantitative estimate of drug-likeness (QED) is 0.0806. The van der Waals surface area contributed by atoms with Crippen molar-refractivity contribution in [3.8, 4) is 0 Å². The summed E-state index contributed by atoms with van der Waals surface area (Å²) in [4.78, 5) is 48.7. The Kier molecular flexibility index (Phi) is 17.0. The van der Waals surface area contributed by atoms with Crippen molar-refractivity contribution in [2.45, 2.75) is 82.8 Å². The van der Waals surface area contributed by atoms with Crippen LogP contribution in [0.1, 0.15) is 77.6 Å². The van der Waals surface area contributed by atoms with Gasteiger partial charge in [0.05, 0.1) is 52.9 Å². The van der Waals surface area contributed by atoms with Crippen LogP contribution in [0, 0.1) is 23.7 Å². The molecule has 3 unspecified atom stereocenters. The molecule has 2 fully saturated rings. The molecule has 0 spiro atoms. The van der Waals surface area contributed by atoms with Gasteiger partial charge >= 0.3 is 47.5 Å². The Hall–Kier alpha value is -1.05. The second-order valence-electron chi connectivity index (χ2n) is 10.3. The first-order valence-corrected chi connectivity index (χ1v) is 14.9. The molecule has 2 saturated carbocycles. The van der Waals surface area contributed by atoms with Crippen LogP contribution in [-0.4, -0.2) is 75.4 Å². The molecular weight excluding hydrogens is 543 g/mol. The Labute approximate surface area is 253 Å². The van der Waals surface area contributed by atoms with Crippen LogP contribution < -0.4 is 29.6 Å². The second-order valence-corrected chi connectivity index (χ2v) is 11.9. The third-order valence-electron chi connectivity index (χ3n) is 7.39. The molecule has 3 atom stereocenters. The van der Waals surface area contributed by atoms with Gasteiger partial charge in [0.1, 0.15) is 5.78 Å². The fraction of sp³-hybridized carbons (Fsp3) is 0.846. The first-order valence-electron chi connectivity index (χ1n) is 13.5. The van der Waals surface area contributed by atoms with Gasteiger partial charge in [0.15, 0.2) is 0 Å². The Morgan fingerprint density at radius 1 is 0.667 bits per heavy atom. The van der Waals surface area contributed by atoms with Gasteiger partial charge in [-0.3, -0.25) is 19.2 Å². The van der Waals surface area contributed by atoms with Crippen molar-refractivity contribution < 1.29 is 80.7 Å². The summed E-state index contributed by atoms with van der Waals surface area (Å²) in [5, 5.41) is -1.36. The average molecular weight is 585 g/mol. The normalized spacial score (nSPS) is 25.2. The third-order valence-corrected chi connectivity index (χ3v) is 8.59. The maximum Gasteiger partial charge on any atom is 1.00 e. The molecule has 0 amide bonds. The van der Waals surface area contributed by atoms with E-state index in [4.69, 9.17) is 18.9 Å². The third kappa shape index (κ3) is 13.0. The van der Waals surface area contributed by atoms with Gasteiger partial charge in [0, 0.05) is 19.6 Å². The number of ketones is 1. The summed E-state index contributed by atoms with van der Waals surface area (Å²) in [6.07, 6.45) is 4.57. The first-order chi connectivity index (χ1) is 18.0. The average Bonchev–Trinajstić information content (AvgIpc) is 2.89. The van der Waals surface area contributed by atoms with Gasteiger partial charge in [-0.2, -0.15) is 0 Å². The molecule has 2 rings (SSSR count). The number of methoxy groups -OCH3 is 1. The van der Waals surface area contributed by atoms with Gasteiger partial charge in [0.25, 0.3) is 0 Å². The standard InChI is InChI=1S/C26H42O11S.Na/c1-18(27)19-7-9-20(10-8-19)24(28)35-13-5-6-14-37-26(30)22-15-21(16-23(17-22)38(31,32)33)25(29)36-12-4-3-11-34-2;/h19-23H,3-17H2,1-2H3,(H,31,32,33);/q;+1/p-1. The van der Waals surface area contributed by atoms with E-state index in [2.05, 4.69) is 0 Å². The Morgan fingerprint density at radius 2 is 1.05 bits per heavy atom. The van der Waals surface area contributed by atoms with Crippen LogP contribution in [0.4, 0.5) is 0 Å². The molecule has 0 bridgehead atoms. The molecule has 2 aliphatic carbocycles. The molecule has 13 heteroatoms. The smallest absolute Gasteiger partial charge is 0.748 e. The molecule has 0 heterocycles. The number of rotatable bonds is 15. The molecule has 0 aromatic heterocycles. The van der Waals surface area contributed by atoms with Crippen molar-refractivity contribution in [3.63, 3.8) is 0 Å². The minimum Gasteiger partial charge on any atom is -0.748 e. The predicted octanol–water partition coefficient (Wildman–Crippen LogP) is -0.448. The van der Waals surface area contributed by atoms with Gasteiger partial charge in [-0.05, 0) is 77.6 Å². The van der Waals surface area contributed by atoms with Crippen molar-refractivity contribution in [3.05, 3.63) is 0 Å². The van der Waals surface area contributed by atoms with Crippen LogP contribution in [0.3, 0.4) is 0 Å². The van der Waals surface area contributed by atoms with Crippen LogP contribution in [0.25, 0.3) is 0 Å². The van der Waals surface area contributed by atoms with Crippen LogP contribution >= 0.6 is 0 Å². The van der Waals surface area contributed by atoms with Crippen molar-refractivity contribution in [2.24, 2.45) is 23.7 Å². The molecule has 0 radical (unpaired) electrons. The van der Waals surface area contributed by atoms with E-state index in [1.54, 1.807) is 14.0 Å². The number of unbranched alkanes of at least 4 members (excludes halogenated alkanes) is 2. The summed E-state index contributed by atoms with van der Waals surface area (Å²) in [6, 6.07) is 0. The van der Waals surface area contributed by atoms with Gasteiger partial charge in [0.2, 0.25) is 0 Å². The number of carbonyl (C=O) groups is 4. The van der Waals surface area contributed by atoms with E-state index >= 15 is 0 Å². The number of Topliss-reactive ketones (excluding diaryl/α,β-unsaturated/α-hetero) is 1. The van der Waals surface area contributed by atoms with E-state index in [0.29, 0.717) is 58.0 Å². The number of hydrogen-bond acceptors (Lipinski definition) is 11. The van der Waals surface area contributed by atoms with Gasteiger partial charge in [-0.1, -0.05) is 0 Å². The zero-order chi connectivity index (χ0) is 28.1. The maximum absolute atomic E-state index is 12.6. The van der Waals surface area contributed by atoms with Crippen molar-refractivity contribution in [1.82, 2.24) is 0 Å². The molecule has 39 heavy (non-hydrogen) atoms. The van der Waals surface area contributed by atoms with E-state index in [9.17, 15) is 32.1 Å².